The van der Waals surface area contributed by atoms with Crippen molar-refractivity contribution in [2.75, 3.05) is 0 Å². The third-order valence-corrected chi connectivity index (χ3v) is 4.03. The third-order valence-electron chi connectivity index (χ3n) is 3.50. The number of carboxylic acids is 1. The van der Waals surface area contributed by atoms with Crippen LogP contribution in [0, 0.1) is 0 Å². The Hall–Kier alpha value is -2.22. The molecule has 1 atom stereocenters. The van der Waals surface area contributed by atoms with E-state index < -0.39 is 12.0 Å². The molecular weight excluding hydrogens is 410 g/mol. The molecule has 3 aromatic rings. The molecule has 0 saturated carbocycles. The van der Waals surface area contributed by atoms with E-state index in [0.29, 0.717) is 11.7 Å². The second-order valence-electron chi connectivity index (χ2n) is 5.28. The minimum absolute atomic E-state index is 0. The molecule has 2 aromatic carbocycles. The van der Waals surface area contributed by atoms with E-state index in [1.165, 1.54) is 0 Å². The molecule has 0 radical (unpaired) electrons. The second kappa shape index (κ2) is 8.24. The van der Waals surface area contributed by atoms with E-state index in [-0.39, 0.29) is 18.8 Å². The highest BCUT2D eigenvalue weighted by Gasteiger charge is 2.13. The van der Waals surface area contributed by atoms with Gasteiger partial charge in [-0.3, -0.25) is 4.79 Å². The zero-order valence-electron chi connectivity index (χ0n) is 12.9. The topological polar surface area (TPSA) is 102 Å². The van der Waals surface area contributed by atoms with Crippen molar-refractivity contribution < 1.29 is 14.4 Å². The van der Waals surface area contributed by atoms with Crippen LogP contribution in [0.25, 0.3) is 22.8 Å². The molecule has 0 bridgehead atoms. The van der Waals surface area contributed by atoms with Gasteiger partial charge in [0.2, 0.25) is 5.82 Å². The van der Waals surface area contributed by atoms with Crippen LogP contribution in [-0.4, -0.2) is 27.3 Å². The maximum atomic E-state index is 10.8. The number of halogens is 2. The molecule has 1 aromatic heterocycles. The van der Waals surface area contributed by atoms with Crippen LogP contribution in [0.5, 0.6) is 0 Å². The van der Waals surface area contributed by atoms with E-state index in [0.717, 1.165) is 21.2 Å². The van der Waals surface area contributed by atoms with Gasteiger partial charge in [-0.25, -0.2) is 0 Å². The molecule has 0 unspecified atom stereocenters. The first-order valence-electron chi connectivity index (χ1n) is 7.20. The summed E-state index contributed by atoms with van der Waals surface area (Å²) in [5, 5.41) is 12.8. The van der Waals surface area contributed by atoms with Crippen LogP contribution in [0.3, 0.4) is 0 Å². The van der Waals surface area contributed by atoms with Crippen LogP contribution < -0.4 is 5.73 Å². The van der Waals surface area contributed by atoms with Gasteiger partial charge in [-0.1, -0.05) is 45.4 Å². The minimum atomic E-state index is -1.02. The molecule has 25 heavy (non-hydrogen) atoms. The van der Waals surface area contributed by atoms with Crippen LogP contribution in [0.4, 0.5) is 0 Å². The Morgan fingerprint density at radius 1 is 1.12 bits per heavy atom. The van der Waals surface area contributed by atoms with Crippen molar-refractivity contribution in [3.05, 3.63) is 58.6 Å². The number of nitrogens with two attached hydrogens (primary N) is 1. The minimum Gasteiger partial charge on any atom is -0.480 e. The van der Waals surface area contributed by atoms with Gasteiger partial charge < -0.3 is 15.4 Å². The van der Waals surface area contributed by atoms with Gasteiger partial charge in [-0.05, 0) is 36.2 Å². The molecule has 0 aliphatic rings. The molecule has 3 N–H and O–H groups in total. The summed E-state index contributed by atoms with van der Waals surface area (Å²) in [6.45, 7) is 0. The van der Waals surface area contributed by atoms with Crippen molar-refractivity contribution >= 4 is 34.3 Å². The molecule has 130 valence electrons. The lowest BCUT2D eigenvalue weighted by atomic mass is 10.0. The molecular formula is C17H15BrClN3O3. The fourth-order valence-corrected chi connectivity index (χ4v) is 2.45. The summed E-state index contributed by atoms with van der Waals surface area (Å²) in [7, 11) is 0. The summed E-state index contributed by atoms with van der Waals surface area (Å²) >= 11 is 3.38. The average Bonchev–Trinajstić information content (AvgIpc) is 3.06. The summed E-state index contributed by atoms with van der Waals surface area (Å²) in [5.41, 5.74) is 7.99. The normalized spacial score (nSPS) is 11.6. The Balaban J connectivity index is 0.00000225. The number of rotatable bonds is 5. The molecule has 8 heteroatoms. The van der Waals surface area contributed by atoms with Crippen molar-refractivity contribution in [3.8, 4) is 22.8 Å². The van der Waals surface area contributed by atoms with E-state index >= 15 is 0 Å². The van der Waals surface area contributed by atoms with Crippen LogP contribution >= 0.6 is 28.3 Å². The van der Waals surface area contributed by atoms with Crippen LogP contribution in [-0.2, 0) is 11.2 Å². The van der Waals surface area contributed by atoms with E-state index in [9.17, 15) is 4.79 Å². The summed E-state index contributed by atoms with van der Waals surface area (Å²) in [5.74, 6) is -0.104. The Morgan fingerprint density at radius 2 is 1.72 bits per heavy atom. The maximum absolute atomic E-state index is 10.8. The predicted octanol–water partition coefficient (Wildman–Crippen LogP) is 3.54. The van der Waals surface area contributed by atoms with Crippen molar-refractivity contribution in [2.45, 2.75) is 12.5 Å². The lowest BCUT2D eigenvalue weighted by Crippen LogP contribution is -2.32. The Morgan fingerprint density at radius 3 is 2.32 bits per heavy atom. The summed E-state index contributed by atoms with van der Waals surface area (Å²) in [4.78, 5) is 15.2. The Kier molecular flexibility index (Phi) is 6.30. The predicted molar refractivity (Wildman–Crippen MR) is 99.4 cm³/mol. The molecule has 0 aliphatic heterocycles. The summed E-state index contributed by atoms with van der Waals surface area (Å²) < 4.78 is 6.27. The molecule has 1 heterocycles. The fourth-order valence-electron chi connectivity index (χ4n) is 2.18. The SMILES string of the molecule is Cl.N[C@@H](Cc1ccc(-c2noc(-c3ccc(Br)cc3)n2)cc1)C(=O)O. The van der Waals surface area contributed by atoms with E-state index in [4.69, 9.17) is 15.4 Å². The van der Waals surface area contributed by atoms with Gasteiger partial charge >= 0.3 is 5.97 Å². The average molecular weight is 425 g/mol. The first-order valence-corrected chi connectivity index (χ1v) is 7.99. The monoisotopic (exact) mass is 423 g/mol. The van der Waals surface area contributed by atoms with E-state index in [1.54, 1.807) is 0 Å². The fraction of sp³-hybridized carbons (Fsp3) is 0.118. The van der Waals surface area contributed by atoms with Crippen molar-refractivity contribution in [2.24, 2.45) is 5.73 Å². The zero-order chi connectivity index (χ0) is 17.1. The van der Waals surface area contributed by atoms with Crippen molar-refractivity contribution in [3.63, 3.8) is 0 Å². The second-order valence-corrected chi connectivity index (χ2v) is 6.19. The molecule has 0 spiro atoms. The van der Waals surface area contributed by atoms with E-state index in [2.05, 4.69) is 26.1 Å². The molecule has 0 aliphatic carbocycles. The van der Waals surface area contributed by atoms with Crippen LogP contribution in [0.15, 0.2) is 57.5 Å². The van der Waals surface area contributed by atoms with Crippen molar-refractivity contribution in [1.29, 1.82) is 0 Å². The molecule has 6 nitrogen and oxygen atoms in total. The first kappa shape index (κ1) is 19.1. The van der Waals surface area contributed by atoms with Gasteiger partial charge in [0, 0.05) is 15.6 Å². The summed E-state index contributed by atoms with van der Waals surface area (Å²) in [6.07, 6.45) is 0.270. The van der Waals surface area contributed by atoms with Crippen LogP contribution in [0.2, 0.25) is 0 Å². The Bertz CT molecular complexity index is 850. The molecule has 0 amide bonds. The van der Waals surface area contributed by atoms with E-state index in [1.807, 2.05) is 48.5 Å². The summed E-state index contributed by atoms with van der Waals surface area (Å²) in [6, 6.07) is 13.9. The number of hydrogen-bond donors (Lipinski definition) is 2. The number of hydrogen-bond acceptors (Lipinski definition) is 5. The van der Waals surface area contributed by atoms with Gasteiger partial charge in [-0.2, -0.15) is 4.98 Å². The highest BCUT2D eigenvalue weighted by atomic mass is 79.9. The number of nitrogens with zero attached hydrogens (tertiary/aromatic N) is 2. The number of carbonyl (C=O) groups is 1. The van der Waals surface area contributed by atoms with Gasteiger partial charge in [0.05, 0.1) is 0 Å². The highest BCUT2D eigenvalue weighted by Crippen LogP contribution is 2.24. The van der Waals surface area contributed by atoms with Gasteiger partial charge in [-0.15, -0.1) is 12.4 Å². The quantitative estimate of drug-likeness (QED) is 0.649. The molecule has 3 rings (SSSR count). The lowest BCUT2D eigenvalue weighted by molar-refractivity contribution is -0.138. The number of aromatic nitrogens is 2. The van der Waals surface area contributed by atoms with Gasteiger partial charge in [0.25, 0.3) is 5.89 Å². The largest absolute Gasteiger partial charge is 0.480 e. The highest BCUT2D eigenvalue weighted by molar-refractivity contribution is 9.10. The lowest BCUT2D eigenvalue weighted by Gasteiger charge is -2.06. The third kappa shape index (κ3) is 4.66. The number of benzene rings is 2. The van der Waals surface area contributed by atoms with Crippen molar-refractivity contribution in [1.82, 2.24) is 10.1 Å². The maximum Gasteiger partial charge on any atom is 0.320 e. The standard InChI is InChI=1S/C17H14BrN3O3.ClH/c18-13-7-5-12(6-8-13)16-20-15(21-24-16)11-3-1-10(2-4-11)9-14(19)17(22)23;/h1-8,14H,9,19H2,(H,22,23);1H/t14-;/m0./s1. The number of aliphatic carboxylic acids is 1. The Labute approximate surface area is 158 Å². The van der Waals surface area contributed by atoms with Gasteiger partial charge in [0.15, 0.2) is 0 Å². The number of carboxylic acid groups (broad SMARTS) is 1. The molecule has 0 saturated heterocycles. The smallest absolute Gasteiger partial charge is 0.320 e. The molecule has 0 fully saturated rings. The van der Waals surface area contributed by atoms with Crippen LogP contribution in [0.1, 0.15) is 5.56 Å². The van der Waals surface area contributed by atoms with Gasteiger partial charge in [0.1, 0.15) is 6.04 Å². The first-order chi connectivity index (χ1) is 11.5. The zero-order valence-corrected chi connectivity index (χ0v) is 15.3.